The Kier molecular flexibility index (Phi) is 7.60. The second-order valence-corrected chi connectivity index (χ2v) is 4.14. The van der Waals surface area contributed by atoms with E-state index in [1.54, 1.807) is 6.92 Å². The fourth-order valence-corrected chi connectivity index (χ4v) is 1.50. The Morgan fingerprint density at radius 1 is 1.19 bits per heavy atom. The molecule has 0 bridgehead atoms. The fourth-order valence-electron chi connectivity index (χ4n) is 1.50. The molecular weight excluding hydrogens is 208 g/mol. The third kappa shape index (κ3) is 5.73. The predicted octanol–water partition coefficient (Wildman–Crippen LogP) is 2.47. The smallest absolute Gasteiger partial charge is 0.309 e. The maximum Gasteiger partial charge on any atom is 0.309 e. The summed E-state index contributed by atoms with van der Waals surface area (Å²) in [6, 6.07) is 0. The van der Waals surface area contributed by atoms with Crippen molar-refractivity contribution in [2.75, 3.05) is 6.61 Å². The van der Waals surface area contributed by atoms with Crippen LogP contribution in [-0.4, -0.2) is 23.7 Å². The van der Waals surface area contributed by atoms with Crippen molar-refractivity contribution in [2.24, 2.45) is 11.8 Å². The molecule has 0 radical (unpaired) electrons. The van der Waals surface area contributed by atoms with Crippen molar-refractivity contribution in [3.63, 3.8) is 0 Å². The third-order valence-electron chi connectivity index (χ3n) is 2.54. The minimum Gasteiger partial charge on any atom is -0.481 e. The summed E-state index contributed by atoms with van der Waals surface area (Å²) < 4.78 is 5.01. The highest BCUT2D eigenvalue weighted by Gasteiger charge is 2.20. The lowest BCUT2D eigenvalue weighted by Gasteiger charge is -2.14. The van der Waals surface area contributed by atoms with E-state index in [4.69, 9.17) is 9.84 Å². The van der Waals surface area contributed by atoms with E-state index in [0.717, 1.165) is 19.3 Å². The lowest BCUT2D eigenvalue weighted by molar-refractivity contribution is -0.154. The molecule has 0 aromatic heterocycles. The zero-order valence-electron chi connectivity index (χ0n) is 10.4. The number of carbonyl (C=O) groups excluding carboxylic acids is 1. The van der Waals surface area contributed by atoms with Crippen LogP contribution in [-0.2, 0) is 14.3 Å². The second-order valence-electron chi connectivity index (χ2n) is 4.14. The molecule has 4 nitrogen and oxygen atoms in total. The summed E-state index contributed by atoms with van der Waals surface area (Å²) in [5.74, 6) is -1.88. The van der Waals surface area contributed by atoms with Crippen LogP contribution in [0.4, 0.5) is 0 Å². The molecule has 2 atom stereocenters. The molecule has 0 aromatic carbocycles. The number of carboxylic acid groups (broad SMARTS) is 1. The number of esters is 1. The Morgan fingerprint density at radius 3 is 2.19 bits per heavy atom. The van der Waals surface area contributed by atoms with Crippen LogP contribution in [0.15, 0.2) is 0 Å². The van der Waals surface area contributed by atoms with Crippen LogP contribution in [0.3, 0.4) is 0 Å². The SMILES string of the molecule is CCCC(C)C(=O)OCC(CCC)C(=O)O. The molecule has 0 fully saturated rings. The van der Waals surface area contributed by atoms with Gasteiger partial charge in [0.25, 0.3) is 0 Å². The van der Waals surface area contributed by atoms with Gasteiger partial charge in [0, 0.05) is 0 Å². The Labute approximate surface area is 97.0 Å². The first-order valence-electron chi connectivity index (χ1n) is 5.92. The van der Waals surface area contributed by atoms with Gasteiger partial charge in [0.1, 0.15) is 6.61 Å². The molecule has 94 valence electrons. The second kappa shape index (κ2) is 8.13. The maximum atomic E-state index is 11.4. The van der Waals surface area contributed by atoms with Gasteiger partial charge >= 0.3 is 11.9 Å². The van der Waals surface area contributed by atoms with Gasteiger partial charge in [0.15, 0.2) is 0 Å². The van der Waals surface area contributed by atoms with Gasteiger partial charge in [0.2, 0.25) is 0 Å². The third-order valence-corrected chi connectivity index (χ3v) is 2.54. The van der Waals surface area contributed by atoms with E-state index in [2.05, 4.69) is 0 Å². The molecule has 0 saturated carbocycles. The first-order chi connectivity index (χ1) is 7.52. The van der Waals surface area contributed by atoms with Crippen molar-refractivity contribution in [1.29, 1.82) is 0 Å². The number of carboxylic acids is 1. The quantitative estimate of drug-likeness (QED) is 0.650. The number of hydrogen-bond donors (Lipinski definition) is 1. The van der Waals surface area contributed by atoms with Crippen LogP contribution in [0.5, 0.6) is 0 Å². The van der Waals surface area contributed by atoms with Gasteiger partial charge in [-0.1, -0.05) is 33.6 Å². The number of hydrogen-bond acceptors (Lipinski definition) is 3. The lowest BCUT2D eigenvalue weighted by atomic mass is 10.0. The van der Waals surface area contributed by atoms with E-state index in [0.29, 0.717) is 6.42 Å². The normalized spacial score (nSPS) is 14.2. The van der Waals surface area contributed by atoms with E-state index >= 15 is 0 Å². The molecule has 1 N–H and O–H groups in total. The summed E-state index contributed by atoms with van der Waals surface area (Å²) in [7, 11) is 0. The van der Waals surface area contributed by atoms with Crippen LogP contribution in [0.1, 0.15) is 46.5 Å². The number of rotatable bonds is 8. The molecule has 0 aliphatic heterocycles. The maximum absolute atomic E-state index is 11.4. The van der Waals surface area contributed by atoms with Gasteiger partial charge in [0.05, 0.1) is 11.8 Å². The highest BCUT2D eigenvalue weighted by Crippen LogP contribution is 2.11. The largest absolute Gasteiger partial charge is 0.481 e. The highest BCUT2D eigenvalue weighted by molar-refractivity contribution is 5.73. The molecule has 0 spiro atoms. The van der Waals surface area contributed by atoms with Gasteiger partial charge < -0.3 is 9.84 Å². The van der Waals surface area contributed by atoms with Gasteiger partial charge in [-0.2, -0.15) is 0 Å². The molecule has 0 aliphatic carbocycles. The monoisotopic (exact) mass is 230 g/mol. The van der Waals surface area contributed by atoms with Gasteiger partial charge in [-0.3, -0.25) is 9.59 Å². The van der Waals surface area contributed by atoms with E-state index in [1.165, 1.54) is 0 Å². The first kappa shape index (κ1) is 14.9. The minimum absolute atomic E-state index is 0.00391. The summed E-state index contributed by atoms with van der Waals surface area (Å²) in [6.45, 7) is 5.72. The van der Waals surface area contributed by atoms with Gasteiger partial charge in [-0.15, -0.1) is 0 Å². The predicted molar refractivity (Wildman–Crippen MR) is 61.1 cm³/mol. The highest BCUT2D eigenvalue weighted by atomic mass is 16.5. The van der Waals surface area contributed by atoms with Gasteiger partial charge in [-0.25, -0.2) is 0 Å². The van der Waals surface area contributed by atoms with Crippen LogP contribution in [0, 0.1) is 11.8 Å². The molecule has 4 heteroatoms. The molecular formula is C12H22O4. The molecule has 0 saturated heterocycles. The van der Waals surface area contributed by atoms with Crippen molar-refractivity contribution in [2.45, 2.75) is 46.5 Å². The van der Waals surface area contributed by atoms with Crippen molar-refractivity contribution in [1.82, 2.24) is 0 Å². The van der Waals surface area contributed by atoms with Crippen LogP contribution >= 0.6 is 0 Å². The number of carbonyl (C=O) groups is 2. The Hall–Kier alpha value is -1.06. The zero-order valence-corrected chi connectivity index (χ0v) is 10.4. The Bertz CT molecular complexity index is 225. The molecule has 16 heavy (non-hydrogen) atoms. The fraction of sp³-hybridized carbons (Fsp3) is 0.833. The van der Waals surface area contributed by atoms with Gasteiger partial charge in [-0.05, 0) is 12.8 Å². The Morgan fingerprint density at radius 2 is 1.75 bits per heavy atom. The van der Waals surface area contributed by atoms with Crippen molar-refractivity contribution in [3.05, 3.63) is 0 Å². The van der Waals surface area contributed by atoms with Crippen LogP contribution in [0.2, 0.25) is 0 Å². The summed E-state index contributed by atoms with van der Waals surface area (Å²) in [6.07, 6.45) is 3.03. The standard InChI is InChI=1S/C12H22O4/c1-4-6-9(3)12(15)16-8-10(7-5-2)11(13)14/h9-10H,4-8H2,1-3H3,(H,13,14). The molecule has 2 unspecified atom stereocenters. The summed E-state index contributed by atoms with van der Waals surface area (Å²) >= 11 is 0. The van der Waals surface area contributed by atoms with E-state index < -0.39 is 11.9 Å². The van der Waals surface area contributed by atoms with E-state index in [1.807, 2.05) is 13.8 Å². The Balaban J connectivity index is 4.00. The van der Waals surface area contributed by atoms with Crippen molar-refractivity contribution in [3.8, 4) is 0 Å². The average molecular weight is 230 g/mol. The van der Waals surface area contributed by atoms with E-state index in [9.17, 15) is 9.59 Å². The molecule has 0 amide bonds. The van der Waals surface area contributed by atoms with Crippen molar-refractivity contribution >= 4 is 11.9 Å². The zero-order chi connectivity index (χ0) is 12.6. The average Bonchev–Trinajstić information content (AvgIpc) is 2.23. The number of ether oxygens (including phenoxy) is 1. The van der Waals surface area contributed by atoms with Crippen LogP contribution in [0.25, 0.3) is 0 Å². The van der Waals surface area contributed by atoms with E-state index in [-0.39, 0.29) is 18.5 Å². The molecule has 0 rings (SSSR count). The minimum atomic E-state index is -0.891. The molecule has 0 heterocycles. The lowest BCUT2D eigenvalue weighted by Crippen LogP contribution is -2.24. The summed E-state index contributed by atoms with van der Waals surface area (Å²) in [5, 5.41) is 8.87. The summed E-state index contributed by atoms with van der Waals surface area (Å²) in [4.78, 5) is 22.3. The topological polar surface area (TPSA) is 63.6 Å². The first-order valence-corrected chi connectivity index (χ1v) is 5.92. The molecule has 0 aromatic rings. The summed E-state index contributed by atoms with van der Waals surface area (Å²) in [5.41, 5.74) is 0. The van der Waals surface area contributed by atoms with Crippen LogP contribution < -0.4 is 0 Å². The number of aliphatic carboxylic acids is 1. The van der Waals surface area contributed by atoms with Crippen molar-refractivity contribution < 1.29 is 19.4 Å². The molecule has 0 aliphatic rings.